The Hall–Kier alpha value is -1.77. The van der Waals surface area contributed by atoms with Crippen LogP contribution in [0.4, 0.5) is 5.69 Å². The van der Waals surface area contributed by atoms with Crippen LogP contribution in [-0.4, -0.2) is 38.9 Å². The van der Waals surface area contributed by atoms with Crippen LogP contribution in [-0.2, 0) is 14.3 Å². The van der Waals surface area contributed by atoms with E-state index in [0.29, 0.717) is 23.7 Å². The number of nitriles is 1. The number of hydrogen-bond donors (Lipinski definition) is 0. The number of morpholine rings is 1. The fraction of sp³-hybridized carbons (Fsp3) is 0.385. The topological polar surface area (TPSA) is 62.6 Å². The van der Waals surface area contributed by atoms with Gasteiger partial charge in [0.05, 0.1) is 30.9 Å². The Labute approximate surface area is 116 Å². The maximum atomic E-state index is 11.7. The summed E-state index contributed by atoms with van der Waals surface area (Å²) in [4.78, 5) is 13.6. The Morgan fingerprint density at radius 1 is 1.63 bits per heavy atom. The Kier molecular flexibility index (Phi) is 4.25. The average molecular weight is 281 g/mol. The molecule has 0 aromatic heterocycles. The van der Waals surface area contributed by atoms with Crippen molar-refractivity contribution in [3.63, 3.8) is 0 Å². The van der Waals surface area contributed by atoms with E-state index in [2.05, 4.69) is 0 Å². The molecule has 1 unspecified atom stereocenters. The maximum absolute atomic E-state index is 11.7. The Balaban J connectivity index is 2.30. The summed E-state index contributed by atoms with van der Waals surface area (Å²) >= 11 is 6.01. The summed E-state index contributed by atoms with van der Waals surface area (Å²) in [5, 5.41) is 9.23. The lowest BCUT2D eigenvalue weighted by atomic mass is 10.1. The second-order valence-electron chi connectivity index (χ2n) is 4.08. The van der Waals surface area contributed by atoms with Crippen molar-refractivity contribution in [2.24, 2.45) is 0 Å². The molecule has 1 aromatic carbocycles. The molecule has 1 heterocycles. The summed E-state index contributed by atoms with van der Waals surface area (Å²) in [6.07, 6.45) is 0. The van der Waals surface area contributed by atoms with Gasteiger partial charge in [0.15, 0.2) is 6.04 Å². The molecule has 0 saturated carbocycles. The quantitative estimate of drug-likeness (QED) is 0.770. The van der Waals surface area contributed by atoms with Crippen LogP contribution in [0.25, 0.3) is 0 Å². The number of carbonyl (C=O) groups is 1. The lowest BCUT2D eigenvalue weighted by Crippen LogP contribution is -2.50. The third-order valence-electron chi connectivity index (χ3n) is 3.01. The van der Waals surface area contributed by atoms with Gasteiger partial charge in [-0.1, -0.05) is 11.6 Å². The largest absolute Gasteiger partial charge is 0.467 e. The molecule has 1 saturated heterocycles. The molecule has 1 atom stereocenters. The van der Waals surface area contributed by atoms with E-state index in [4.69, 9.17) is 26.3 Å². The van der Waals surface area contributed by atoms with Gasteiger partial charge in [0.25, 0.3) is 0 Å². The van der Waals surface area contributed by atoms with Crippen molar-refractivity contribution in [3.8, 4) is 6.07 Å². The molecule has 1 aliphatic heterocycles. The molecule has 0 spiro atoms. The van der Waals surface area contributed by atoms with E-state index in [0.717, 1.165) is 5.69 Å². The minimum atomic E-state index is -0.484. The minimum Gasteiger partial charge on any atom is -0.467 e. The molecular weight excluding hydrogens is 268 g/mol. The smallest absolute Gasteiger partial charge is 0.330 e. The molecule has 1 aliphatic rings. The molecule has 0 aliphatic carbocycles. The second-order valence-corrected chi connectivity index (χ2v) is 4.49. The molecule has 5 nitrogen and oxygen atoms in total. The first kappa shape index (κ1) is 13.7. The van der Waals surface area contributed by atoms with E-state index in [1.807, 2.05) is 11.0 Å². The highest BCUT2D eigenvalue weighted by atomic mass is 35.5. The van der Waals surface area contributed by atoms with Gasteiger partial charge in [-0.3, -0.25) is 0 Å². The van der Waals surface area contributed by atoms with Crippen molar-refractivity contribution in [2.45, 2.75) is 6.04 Å². The van der Waals surface area contributed by atoms with E-state index in [-0.39, 0.29) is 12.6 Å². The van der Waals surface area contributed by atoms with E-state index in [9.17, 15) is 4.79 Å². The van der Waals surface area contributed by atoms with E-state index >= 15 is 0 Å². The number of carbonyl (C=O) groups excluding carboxylic acids is 1. The first-order valence-electron chi connectivity index (χ1n) is 5.79. The average Bonchev–Trinajstić information content (AvgIpc) is 2.46. The van der Waals surface area contributed by atoms with Gasteiger partial charge in [-0.25, -0.2) is 4.79 Å². The van der Waals surface area contributed by atoms with Gasteiger partial charge in [-0.2, -0.15) is 5.26 Å². The Bertz CT molecular complexity index is 527. The third kappa shape index (κ3) is 2.80. The summed E-state index contributed by atoms with van der Waals surface area (Å²) in [5.41, 5.74) is 1.19. The zero-order valence-electron chi connectivity index (χ0n) is 10.4. The zero-order valence-corrected chi connectivity index (χ0v) is 11.2. The number of nitrogens with zero attached hydrogens (tertiary/aromatic N) is 2. The number of hydrogen-bond acceptors (Lipinski definition) is 5. The fourth-order valence-corrected chi connectivity index (χ4v) is 2.23. The maximum Gasteiger partial charge on any atom is 0.330 e. The van der Waals surface area contributed by atoms with Crippen LogP contribution in [0, 0.1) is 11.3 Å². The van der Waals surface area contributed by atoms with Crippen LogP contribution in [0.1, 0.15) is 5.56 Å². The highest BCUT2D eigenvalue weighted by molar-refractivity contribution is 6.32. The normalized spacial score (nSPS) is 18.8. The van der Waals surface area contributed by atoms with Gasteiger partial charge in [-0.05, 0) is 18.2 Å². The molecule has 0 radical (unpaired) electrons. The molecule has 0 N–H and O–H groups in total. The standard InChI is InChI=1S/C13H13ClN2O3/c1-18-13(17)12-8-19-5-4-16(12)10-3-2-9(7-15)11(14)6-10/h2-3,6,12H,4-5,8H2,1H3. The summed E-state index contributed by atoms with van der Waals surface area (Å²) in [5.74, 6) is -0.347. The van der Waals surface area contributed by atoms with Crippen molar-refractivity contribution < 1.29 is 14.3 Å². The van der Waals surface area contributed by atoms with Crippen LogP contribution < -0.4 is 4.90 Å². The van der Waals surface area contributed by atoms with Gasteiger partial charge < -0.3 is 14.4 Å². The first-order chi connectivity index (χ1) is 9.17. The van der Waals surface area contributed by atoms with Crippen LogP contribution >= 0.6 is 11.6 Å². The Morgan fingerprint density at radius 2 is 2.42 bits per heavy atom. The number of halogens is 1. The van der Waals surface area contributed by atoms with Crippen molar-refractivity contribution in [1.29, 1.82) is 5.26 Å². The lowest BCUT2D eigenvalue weighted by Gasteiger charge is -2.35. The van der Waals surface area contributed by atoms with Gasteiger partial charge in [-0.15, -0.1) is 0 Å². The molecule has 1 fully saturated rings. The highest BCUT2D eigenvalue weighted by Crippen LogP contribution is 2.26. The summed E-state index contributed by atoms with van der Waals surface area (Å²) < 4.78 is 10.1. The van der Waals surface area contributed by atoms with Gasteiger partial charge in [0.1, 0.15) is 6.07 Å². The predicted octanol–water partition coefficient (Wildman–Crippen LogP) is 1.59. The van der Waals surface area contributed by atoms with E-state index in [1.54, 1.807) is 18.2 Å². The molecule has 2 rings (SSSR count). The molecular formula is C13H13ClN2O3. The molecule has 1 aromatic rings. The second kappa shape index (κ2) is 5.91. The number of esters is 1. The molecule has 6 heteroatoms. The van der Waals surface area contributed by atoms with Gasteiger partial charge >= 0.3 is 5.97 Å². The van der Waals surface area contributed by atoms with Crippen LogP contribution in [0.15, 0.2) is 18.2 Å². The first-order valence-corrected chi connectivity index (χ1v) is 6.17. The van der Waals surface area contributed by atoms with Crippen LogP contribution in [0.3, 0.4) is 0 Å². The van der Waals surface area contributed by atoms with Crippen LogP contribution in [0.5, 0.6) is 0 Å². The molecule has 100 valence electrons. The highest BCUT2D eigenvalue weighted by Gasteiger charge is 2.30. The SMILES string of the molecule is COC(=O)C1COCCN1c1ccc(C#N)c(Cl)c1. The van der Waals surface area contributed by atoms with Gasteiger partial charge in [0, 0.05) is 12.2 Å². The predicted molar refractivity (Wildman–Crippen MR) is 70.1 cm³/mol. The van der Waals surface area contributed by atoms with Gasteiger partial charge in [0.2, 0.25) is 0 Å². The summed E-state index contributed by atoms with van der Waals surface area (Å²) in [6.45, 7) is 1.39. The van der Waals surface area contributed by atoms with Crippen molar-refractivity contribution in [2.75, 3.05) is 31.8 Å². The number of benzene rings is 1. The molecule has 19 heavy (non-hydrogen) atoms. The van der Waals surface area contributed by atoms with Crippen LogP contribution in [0.2, 0.25) is 5.02 Å². The minimum absolute atomic E-state index is 0.282. The fourth-order valence-electron chi connectivity index (χ4n) is 2.02. The third-order valence-corrected chi connectivity index (χ3v) is 3.32. The van der Waals surface area contributed by atoms with Crippen molar-refractivity contribution in [1.82, 2.24) is 0 Å². The number of rotatable bonds is 2. The van der Waals surface area contributed by atoms with E-state index in [1.165, 1.54) is 7.11 Å². The summed E-state index contributed by atoms with van der Waals surface area (Å²) in [6, 6.07) is 6.61. The monoisotopic (exact) mass is 280 g/mol. The zero-order chi connectivity index (χ0) is 13.8. The number of ether oxygens (including phenoxy) is 2. The summed E-state index contributed by atoms with van der Waals surface area (Å²) in [7, 11) is 1.35. The molecule has 0 bridgehead atoms. The Morgan fingerprint density at radius 3 is 3.05 bits per heavy atom. The lowest BCUT2D eigenvalue weighted by molar-refractivity contribution is -0.144. The van der Waals surface area contributed by atoms with E-state index < -0.39 is 6.04 Å². The number of methoxy groups -OCH3 is 1. The number of anilines is 1. The van der Waals surface area contributed by atoms with Crippen molar-refractivity contribution in [3.05, 3.63) is 28.8 Å². The molecule has 0 amide bonds. The van der Waals surface area contributed by atoms with Crippen molar-refractivity contribution >= 4 is 23.3 Å².